The van der Waals surface area contributed by atoms with Crippen LogP contribution in [0.25, 0.3) is 11.4 Å². The van der Waals surface area contributed by atoms with Crippen LogP contribution in [0.3, 0.4) is 0 Å². The van der Waals surface area contributed by atoms with Crippen LogP contribution in [-0.2, 0) is 10.0 Å². The van der Waals surface area contributed by atoms with Crippen molar-refractivity contribution in [2.24, 2.45) is 0 Å². The molecule has 1 aromatic heterocycles. The summed E-state index contributed by atoms with van der Waals surface area (Å²) >= 11 is 0. The van der Waals surface area contributed by atoms with E-state index in [4.69, 9.17) is 9.26 Å². The van der Waals surface area contributed by atoms with E-state index in [-0.39, 0.29) is 5.92 Å². The van der Waals surface area contributed by atoms with Crippen LogP contribution < -0.4 is 4.74 Å². The van der Waals surface area contributed by atoms with Gasteiger partial charge in [-0.1, -0.05) is 22.9 Å². The molecule has 152 valence electrons. The average molecular weight is 413 g/mol. The third-order valence-electron chi connectivity index (χ3n) is 5.18. The molecule has 0 radical (unpaired) electrons. The number of aryl methyl sites for hydroxylation is 1. The Hall–Kier alpha value is -2.71. The zero-order valence-electron chi connectivity index (χ0n) is 16.4. The van der Waals surface area contributed by atoms with Crippen molar-refractivity contribution in [2.45, 2.75) is 30.6 Å². The van der Waals surface area contributed by atoms with E-state index in [2.05, 4.69) is 10.1 Å². The molecule has 29 heavy (non-hydrogen) atoms. The van der Waals surface area contributed by atoms with Gasteiger partial charge in [0.1, 0.15) is 5.75 Å². The van der Waals surface area contributed by atoms with E-state index < -0.39 is 10.0 Å². The summed E-state index contributed by atoms with van der Waals surface area (Å²) in [6, 6.07) is 14.3. The molecule has 1 atom stereocenters. The maximum absolute atomic E-state index is 13.0. The first kappa shape index (κ1) is 19.6. The van der Waals surface area contributed by atoms with Gasteiger partial charge in [0.2, 0.25) is 21.7 Å². The summed E-state index contributed by atoms with van der Waals surface area (Å²) in [6.07, 6.45) is 1.56. The second-order valence-electron chi connectivity index (χ2n) is 7.20. The lowest BCUT2D eigenvalue weighted by molar-refractivity contribution is 0.265. The standard InChI is InChI=1S/C21H23N3O4S/c1-15-5-11-19(12-6-15)29(25,26)24-13-3-4-17(14-24)21-22-20(23-28-21)16-7-9-18(27-2)10-8-16/h5-12,17H,3-4,13-14H2,1-2H3/t17-/m1/s1. The van der Waals surface area contributed by atoms with Gasteiger partial charge in [-0.3, -0.25) is 0 Å². The van der Waals surface area contributed by atoms with Gasteiger partial charge < -0.3 is 9.26 Å². The number of hydrogen-bond donors (Lipinski definition) is 0. The summed E-state index contributed by atoms with van der Waals surface area (Å²) in [7, 11) is -1.93. The summed E-state index contributed by atoms with van der Waals surface area (Å²) in [5.41, 5.74) is 1.85. The quantitative estimate of drug-likeness (QED) is 0.635. The normalized spacial score (nSPS) is 17.9. The van der Waals surface area contributed by atoms with Gasteiger partial charge in [0.25, 0.3) is 0 Å². The van der Waals surface area contributed by atoms with Gasteiger partial charge in [-0.25, -0.2) is 8.42 Å². The van der Waals surface area contributed by atoms with Crippen LogP contribution in [-0.4, -0.2) is 43.1 Å². The van der Waals surface area contributed by atoms with Gasteiger partial charge >= 0.3 is 0 Å². The Morgan fingerprint density at radius 3 is 2.52 bits per heavy atom. The SMILES string of the molecule is COc1ccc(-c2noc([C@@H]3CCCN(S(=O)(=O)c4ccc(C)cc4)C3)n2)cc1. The predicted octanol–water partition coefficient (Wildman–Crippen LogP) is 3.62. The molecule has 0 bridgehead atoms. The fourth-order valence-electron chi connectivity index (χ4n) is 3.48. The molecule has 8 heteroatoms. The van der Waals surface area contributed by atoms with Crippen LogP contribution in [0.15, 0.2) is 57.9 Å². The highest BCUT2D eigenvalue weighted by Gasteiger charge is 2.33. The Kier molecular flexibility index (Phi) is 5.38. The lowest BCUT2D eigenvalue weighted by atomic mass is 10.00. The Balaban J connectivity index is 1.52. The fourth-order valence-corrected chi connectivity index (χ4v) is 5.00. The largest absolute Gasteiger partial charge is 0.497 e. The molecule has 2 aromatic carbocycles. The summed E-state index contributed by atoms with van der Waals surface area (Å²) in [4.78, 5) is 4.83. The van der Waals surface area contributed by atoms with Crippen molar-refractivity contribution in [2.75, 3.05) is 20.2 Å². The molecule has 4 rings (SSSR count). The van der Waals surface area contributed by atoms with Crippen molar-refractivity contribution in [3.63, 3.8) is 0 Å². The third kappa shape index (κ3) is 4.04. The first-order valence-electron chi connectivity index (χ1n) is 9.52. The van der Waals surface area contributed by atoms with Crippen LogP contribution in [0.1, 0.15) is 30.2 Å². The second kappa shape index (κ2) is 7.96. The molecule has 0 saturated carbocycles. The van der Waals surface area contributed by atoms with Crippen molar-refractivity contribution in [3.8, 4) is 17.1 Å². The summed E-state index contributed by atoms with van der Waals surface area (Å²) in [6.45, 7) is 2.76. The van der Waals surface area contributed by atoms with E-state index in [0.717, 1.165) is 29.7 Å². The number of nitrogens with zero attached hydrogens (tertiary/aromatic N) is 3. The average Bonchev–Trinajstić information content (AvgIpc) is 3.24. The number of sulfonamides is 1. The van der Waals surface area contributed by atoms with E-state index in [1.165, 1.54) is 4.31 Å². The van der Waals surface area contributed by atoms with E-state index >= 15 is 0 Å². The number of benzene rings is 2. The molecular formula is C21H23N3O4S. The smallest absolute Gasteiger partial charge is 0.243 e. The monoisotopic (exact) mass is 413 g/mol. The minimum Gasteiger partial charge on any atom is -0.497 e. The van der Waals surface area contributed by atoms with Crippen LogP contribution in [0.4, 0.5) is 0 Å². The molecule has 0 amide bonds. The number of piperidine rings is 1. The lowest BCUT2D eigenvalue weighted by Gasteiger charge is -2.30. The minimum absolute atomic E-state index is 0.122. The molecule has 1 aliphatic rings. The molecule has 2 heterocycles. The molecule has 0 N–H and O–H groups in total. The number of rotatable bonds is 5. The zero-order chi connectivity index (χ0) is 20.4. The van der Waals surface area contributed by atoms with Crippen LogP contribution in [0.5, 0.6) is 5.75 Å². The number of hydrogen-bond acceptors (Lipinski definition) is 6. The van der Waals surface area contributed by atoms with Crippen molar-refractivity contribution in [3.05, 3.63) is 60.0 Å². The molecule has 0 aliphatic carbocycles. The first-order valence-corrected chi connectivity index (χ1v) is 11.0. The number of methoxy groups -OCH3 is 1. The molecule has 1 saturated heterocycles. The topological polar surface area (TPSA) is 85.5 Å². The van der Waals surface area contributed by atoms with E-state index in [0.29, 0.717) is 29.7 Å². The van der Waals surface area contributed by atoms with E-state index in [1.807, 2.05) is 43.3 Å². The summed E-state index contributed by atoms with van der Waals surface area (Å²) in [5, 5.41) is 4.08. The highest BCUT2D eigenvalue weighted by molar-refractivity contribution is 7.89. The van der Waals surface area contributed by atoms with Crippen molar-refractivity contribution in [1.29, 1.82) is 0 Å². The lowest BCUT2D eigenvalue weighted by Crippen LogP contribution is -2.39. The Bertz CT molecular complexity index is 1080. The zero-order valence-corrected chi connectivity index (χ0v) is 17.2. The first-order chi connectivity index (χ1) is 14.0. The maximum Gasteiger partial charge on any atom is 0.243 e. The van der Waals surface area contributed by atoms with Crippen LogP contribution >= 0.6 is 0 Å². The van der Waals surface area contributed by atoms with Gasteiger partial charge in [-0.15, -0.1) is 0 Å². The Morgan fingerprint density at radius 2 is 1.83 bits per heavy atom. The minimum atomic E-state index is -3.54. The summed E-state index contributed by atoms with van der Waals surface area (Å²) in [5.74, 6) is 1.59. The van der Waals surface area contributed by atoms with Crippen molar-refractivity contribution in [1.82, 2.24) is 14.4 Å². The maximum atomic E-state index is 13.0. The molecule has 1 aliphatic heterocycles. The molecule has 0 spiro atoms. The Labute approximate surface area is 170 Å². The van der Waals surface area contributed by atoms with Gasteiger partial charge in [0, 0.05) is 18.7 Å². The molecular weight excluding hydrogens is 390 g/mol. The number of ether oxygens (including phenoxy) is 1. The number of aromatic nitrogens is 2. The van der Waals surface area contributed by atoms with E-state index in [9.17, 15) is 8.42 Å². The van der Waals surface area contributed by atoms with Gasteiger partial charge in [-0.2, -0.15) is 9.29 Å². The van der Waals surface area contributed by atoms with Gasteiger partial charge in [-0.05, 0) is 56.2 Å². The molecule has 3 aromatic rings. The van der Waals surface area contributed by atoms with Crippen molar-refractivity contribution < 1.29 is 17.7 Å². The van der Waals surface area contributed by atoms with Crippen LogP contribution in [0.2, 0.25) is 0 Å². The molecule has 1 fully saturated rings. The molecule has 0 unspecified atom stereocenters. The van der Waals surface area contributed by atoms with E-state index in [1.54, 1.807) is 19.2 Å². The summed E-state index contributed by atoms with van der Waals surface area (Å²) < 4.78 is 38.2. The third-order valence-corrected chi connectivity index (χ3v) is 7.06. The van der Waals surface area contributed by atoms with Crippen molar-refractivity contribution >= 4 is 10.0 Å². The highest BCUT2D eigenvalue weighted by atomic mass is 32.2. The fraction of sp³-hybridized carbons (Fsp3) is 0.333. The Morgan fingerprint density at radius 1 is 1.10 bits per heavy atom. The highest BCUT2D eigenvalue weighted by Crippen LogP contribution is 2.31. The second-order valence-corrected chi connectivity index (χ2v) is 9.14. The predicted molar refractivity (Wildman–Crippen MR) is 108 cm³/mol. The molecule has 7 nitrogen and oxygen atoms in total. The van der Waals surface area contributed by atoms with Gasteiger partial charge in [0.15, 0.2) is 0 Å². The van der Waals surface area contributed by atoms with Crippen LogP contribution in [0, 0.1) is 6.92 Å². The van der Waals surface area contributed by atoms with Gasteiger partial charge in [0.05, 0.1) is 17.9 Å².